The first kappa shape index (κ1) is 41.0. The van der Waals surface area contributed by atoms with Crippen molar-refractivity contribution in [1.82, 2.24) is 29.9 Å². The normalized spacial score (nSPS) is 12.4. The van der Waals surface area contributed by atoms with Crippen LogP contribution in [0.4, 0.5) is 35.7 Å². The Bertz CT molecular complexity index is 1490. The molecule has 2 aromatic heterocycles. The summed E-state index contributed by atoms with van der Waals surface area (Å²) in [6.07, 6.45) is 0. The number of carboxylic acids is 8. The largest absolute Gasteiger partial charge is 0.480 e. The van der Waals surface area contributed by atoms with Crippen LogP contribution in [-0.2, 0) is 38.4 Å². The van der Waals surface area contributed by atoms with Crippen molar-refractivity contribution in [2.75, 3.05) is 108 Å². The molecular weight excluding hydrogens is 736 g/mol. The number of anilines is 6. The van der Waals surface area contributed by atoms with Crippen LogP contribution in [-0.4, -0.2) is 197 Å². The second-order valence-corrected chi connectivity index (χ2v) is 11.0. The minimum Gasteiger partial charge on any atom is -0.480 e. The smallest absolute Gasteiger partial charge is 0.323 e. The highest BCUT2D eigenvalue weighted by atomic mass is 16.4. The van der Waals surface area contributed by atoms with E-state index in [0.717, 1.165) is 0 Å². The number of nitrogens with zero attached hydrogens (tertiary/aromatic N) is 12. The van der Waals surface area contributed by atoms with Crippen molar-refractivity contribution in [2.45, 2.75) is 0 Å². The van der Waals surface area contributed by atoms with Crippen molar-refractivity contribution < 1.29 is 79.2 Å². The molecule has 1 fully saturated rings. The van der Waals surface area contributed by atoms with Gasteiger partial charge in [0.05, 0.1) is 0 Å². The van der Waals surface area contributed by atoms with Gasteiger partial charge in [0.1, 0.15) is 52.4 Å². The zero-order chi connectivity index (χ0) is 40.3. The molecule has 0 saturated carbocycles. The molecule has 292 valence electrons. The maximum absolute atomic E-state index is 11.5. The minimum atomic E-state index is -1.49. The van der Waals surface area contributed by atoms with Crippen LogP contribution in [0.2, 0.25) is 0 Å². The van der Waals surface area contributed by atoms with Gasteiger partial charge in [0.25, 0.3) is 0 Å². The van der Waals surface area contributed by atoms with Crippen LogP contribution in [0.3, 0.4) is 0 Å². The Morgan fingerprint density at radius 3 is 0.667 bits per heavy atom. The molecule has 28 nitrogen and oxygen atoms in total. The maximum Gasteiger partial charge on any atom is 0.323 e. The SMILES string of the molecule is O=C(O)CN(CC(=O)O)c1nc(N2CCN(c3nc(N(CC(=O)O)CC(=O)O)nc(N(CC(=O)O)CC(=O)O)n3)CC2)nc(N(CC(=O)O)CC(=O)O)n1. The fraction of sp³-hybridized carbons (Fsp3) is 0.462. The summed E-state index contributed by atoms with van der Waals surface area (Å²) in [5.41, 5.74) is 0. The summed E-state index contributed by atoms with van der Waals surface area (Å²) in [6, 6.07) is 0. The molecule has 3 rings (SSSR count). The predicted molar refractivity (Wildman–Crippen MR) is 174 cm³/mol. The molecule has 1 aliphatic rings. The summed E-state index contributed by atoms with van der Waals surface area (Å²) in [4.78, 5) is 123. The highest BCUT2D eigenvalue weighted by molar-refractivity contribution is 5.81. The number of carboxylic acid groups (broad SMARTS) is 8. The average Bonchev–Trinajstić information content (AvgIpc) is 3.05. The quantitative estimate of drug-likeness (QED) is 0.0557. The molecule has 0 amide bonds. The van der Waals surface area contributed by atoms with Gasteiger partial charge in [0, 0.05) is 26.2 Å². The summed E-state index contributed by atoms with van der Waals surface area (Å²) in [5.74, 6) is -14.7. The van der Waals surface area contributed by atoms with Crippen molar-refractivity contribution in [3.05, 3.63) is 0 Å². The summed E-state index contributed by atoms with van der Waals surface area (Å²) in [7, 11) is 0. The van der Waals surface area contributed by atoms with Crippen LogP contribution >= 0.6 is 0 Å². The third-order valence-electron chi connectivity index (χ3n) is 6.79. The first-order chi connectivity index (χ1) is 25.3. The van der Waals surface area contributed by atoms with Crippen LogP contribution in [0.1, 0.15) is 0 Å². The minimum absolute atomic E-state index is 0.0725. The molecule has 2 aromatic rings. The lowest BCUT2D eigenvalue weighted by molar-refractivity contribution is -0.138. The van der Waals surface area contributed by atoms with Gasteiger partial charge in [-0.25, -0.2) is 0 Å². The van der Waals surface area contributed by atoms with Gasteiger partial charge in [-0.05, 0) is 0 Å². The van der Waals surface area contributed by atoms with E-state index in [4.69, 9.17) is 0 Å². The molecule has 1 saturated heterocycles. The summed E-state index contributed by atoms with van der Waals surface area (Å²) >= 11 is 0. The van der Waals surface area contributed by atoms with Crippen molar-refractivity contribution in [1.29, 1.82) is 0 Å². The van der Waals surface area contributed by atoms with Crippen molar-refractivity contribution >= 4 is 83.4 Å². The molecule has 0 spiro atoms. The molecule has 0 aliphatic carbocycles. The number of rotatable bonds is 22. The molecule has 0 aromatic carbocycles. The molecule has 0 bridgehead atoms. The second kappa shape index (κ2) is 18.2. The van der Waals surface area contributed by atoms with E-state index >= 15 is 0 Å². The second-order valence-electron chi connectivity index (χ2n) is 11.0. The molecule has 28 heteroatoms. The van der Waals surface area contributed by atoms with Crippen LogP contribution < -0.4 is 29.4 Å². The number of piperazine rings is 1. The number of aliphatic carboxylic acids is 8. The zero-order valence-corrected chi connectivity index (χ0v) is 27.7. The molecule has 1 aliphatic heterocycles. The first-order valence-corrected chi connectivity index (χ1v) is 15.1. The molecule has 3 heterocycles. The van der Waals surface area contributed by atoms with Crippen LogP contribution in [0.25, 0.3) is 0 Å². The van der Waals surface area contributed by atoms with Gasteiger partial charge in [-0.1, -0.05) is 0 Å². The van der Waals surface area contributed by atoms with Crippen LogP contribution in [0.15, 0.2) is 0 Å². The fourth-order valence-electron chi connectivity index (χ4n) is 4.74. The van der Waals surface area contributed by atoms with E-state index < -0.39 is 124 Å². The number of aromatic nitrogens is 6. The Labute approximate surface area is 300 Å². The third-order valence-corrected chi connectivity index (χ3v) is 6.79. The van der Waals surface area contributed by atoms with E-state index in [1.165, 1.54) is 9.80 Å². The molecular formula is C26H32N12O16. The lowest BCUT2D eigenvalue weighted by Gasteiger charge is -2.36. The Kier molecular flexibility index (Phi) is 13.8. The highest BCUT2D eigenvalue weighted by Crippen LogP contribution is 2.24. The van der Waals surface area contributed by atoms with Crippen LogP contribution in [0, 0.1) is 0 Å². The number of hydrogen-bond acceptors (Lipinski definition) is 20. The average molecular weight is 769 g/mol. The predicted octanol–water partition coefficient (Wildman–Crippen LogP) is -4.71. The Balaban J connectivity index is 2.09. The molecule has 0 radical (unpaired) electrons. The van der Waals surface area contributed by atoms with Crippen molar-refractivity contribution in [3.8, 4) is 0 Å². The first-order valence-electron chi connectivity index (χ1n) is 15.1. The van der Waals surface area contributed by atoms with Crippen LogP contribution in [0.5, 0.6) is 0 Å². The van der Waals surface area contributed by atoms with E-state index in [0.29, 0.717) is 19.6 Å². The number of carbonyl (C=O) groups is 8. The molecule has 0 atom stereocenters. The Hall–Kier alpha value is -7.42. The molecule has 54 heavy (non-hydrogen) atoms. The standard InChI is InChI=1S/C26H32N12O16/c39-13(40)5-35(6-14(41)42)23-27-21(28-24(31-23)36(7-15(43)44)8-16(45)46)33-1-2-34(4-3-33)22-29-25(37(9-17(47)48)10-18(49)50)32-26(30-22)38(11-19(51)52)12-20(53)54/h1-12H2,(H,39,40)(H,41,42)(H,43,44)(H,45,46)(H,47,48)(H,49,50)(H,51,52)(H,53,54). The van der Waals surface area contributed by atoms with E-state index in [1.54, 1.807) is 0 Å². The van der Waals surface area contributed by atoms with Gasteiger partial charge in [0.2, 0.25) is 35.7 Å². The van der Waals surface area contributed by atoms with E-state index in [1.807, 2.05) is 0 Å². The van der Waals surface area contributed by atoms with Gasteiger partial charge < -0.3 is 70.3 Å². The van der Waals surface area contributed by atoms with Gasteiger partial charge in [-0.15, -0.1) is 0 Å². The van der Waals surface area contributed by atoms with E-state index in [-0.39, 0.29) is 38.1 Å². The van der Waals surface area contributed by atoms with Gasteiger partial charge in [-0.2, -0.15) is 29.9 Å². The third kappa shape index (κ3) is 12.4. The monoisotopic (exact) mass is 768 g/mol. The summed E-state index contributed by atoms with van der Waals surface area (Å²) in [6.45, 7) is -7.79. The molecule has 0 unspecified atom stereocenters. The Morgan fingerprint density at radius 2 is 0.519 bits per heavy atom. The van der Waals surface area contributed by atoms with E-state index in [9.17, 15) is 79.2 Å². The maximum atomic E-state index is 11.5. The fourth-order valence-corrected chi connectivity index (χ4v) is 4.74. The summed E-state index contributed by atoms with van der Waals surface area (Å²) in [5, 5.41) is 75.1. The van der Waals surface area contributed by atoms with Gasteiger partial charge in [-0.3, -0.25) is 38.4 Å². The Morgan fingerprint density at radius 1 is 0.352 bits per heavy atom. The highest BCUT2D eigenvalue weighted by Gasteiger charge is 2.30. The number of hydrogen-bond donors (Lipinski definition) is 8. The molecule has 8 N–H and O–H groups in total. The van der Waals surface area contributed by atoms with E-state index in [2.05, 4.69) is 29.9 Å². The lowest BCUT2D eigenvalue weighted by atomic mass is 10.3. The summed E-state index contributed by atoms with van der Waals surface area (Å²) < 4.78 is 0. The van der Waals surface area contributed by atoms with Gasteiger partial charge in [0.15, 0.2) is 0 Å². The topological polar surface area (TPSA) is 395 Å². The van der Waals surface area contributed by atoms with Crippen molar-refractivity contribution in [2.24, 2.45) is 0 Å². The zero-order valence-electron chi connectivity index (χ0n) is 27.7. The van der Waals surface area contributed by atoms with Crippen molar-refractivity contribution in [3.63, 3.8) is 0 Å². The van der Waals surface area contributed by atoms with Gasteiger partial charge >= 0.3 is 47.8 Å². The lowest BCUT2D eigenvalue weighted by Crippen LogP contribution is -2.48.